The van der Waals surface area contributed by atoms with Gasteiger partial charge in [-0.25, -0.2) is 9.59 Å². The van der Waals surface area contributed by atoms with E-state index in [1.807, 2.05) is 31.2 Å². The topological polar surface area (TPSA) is 95.9 Å². The lowest BCUT2D eigenvalue weighted by Gasteiger charge is -2.42. The third kappa shape index (κ3) is 4.17. The van der Waals surface area contributed by atoms with Gasteiger partial charge >= 0.3 is 12.1 Å². The van der Waals surface area contributed by atoms with Crippen molar-refractivity contribution in [3.8, 4) is 11.1 Å². The first-order valence-electron chi connectivity index (χ1n) is 12.6. The van der Waals surface area contributed by atoms with Gasteiger partial charge < -0.3 is 20.1 Å². The number of benzene rings is 2. The van der Waals surface area contributed by atoms with Gasteiger partial charge in [0.25, 0.3) is 0 Å². The smallest absolute Gasteiger partial charge is 0.408 e. The van der Waals surface area contributed by atoms with Crippen LogP contribution in [0.4, 0.5) is 4.79 Å². The lowest BCUT2D eigenvalue weighted by molar-refractivity contribution is -0.157. The number of amides is 2. The van der Waals surface area contributed by atoms with Gasteiger partial charge in [0.2, 0.25) is 5.91 Å². The number of nitrogens with zero attached hydrogens (tertiary/aromatic N) is 1. The zero-order chi connectivity index (χ0) is 24.6. The van der Waals surface area contributed by atoms with Crippen LogP contribution in [0.1, 0.15) is 62.5 Å². The van der Waals surface area contributed by atoms with E-state index in [0.717, 1.165) is 47.9 Å². The summed E-state index contributed by atoms with van der Waals surface area (Å²) in [6.07, 6.45) is 3.50. The molecule has 2 atom stereocenters. The predicted octanol–water partition coefficient (Wildman–Crippen LogP) is 4.55. The quantitative estimate of drug-likeness (QED) is 0.660. The number of nitrogens with one attached hydrogen (secondary N) is 1. The molecule has 1 saturated heterocycles. The molecule has 1 heterocycles. The molecule has 2 amide bonds. The number of carbonyl (C=O) groups is 3. The van der Waals surface area contributed by atoms with E-state index >= 15 is 0 Å². The summed E-state index contributed by atoms with van der Waals surface area (Å²) in [5.74, 6) is -1.47. The summed E-state index contributed by atoms with van der Waals surface area (Å²) in [5.41, 5.74) is 3.45. The molecule has 2 aliphatic carbocycles. The van der Waals surface area contributed by atoms with Gasteiger partial charge in [-0.15, -0.1) is 0 Å². The van der Waals surface area contributed by atoms with E-state index in [1.165, 1.54) is 4.90 Å². The predicted molar refractivity (Wildman–Crippen MR) is 131 cm³/mol. The number of fused-ring (bicyclic) bond motifs is 3. The monoisotopic (exact) mass is 476 g/mol. The second-order valence-electron chi connectivity index (χ2n) is 10.1. The fourth-order valence-electron chi connectivity index (χ4n) is 6.27. The minimum absolute atomic E-state index is 0.0669. The highest BCUT2D eigenvalue weighted by molar-refractivity contribution is 5.93. The van der Waals surface area contributed by atoms with Crippen LogP contribution in [-0.4, -0.2) is 52.7 Å². The average molecular weight is 477 g/mol. The van der Waals surface area contributed by atoms with Gasteiger partial charge in [0.05, 0.1) is 0 Å². The van der Waals surface area contributed by atoms with Gasteiger partial charge in [-0.05, 0) is 53.9 Å². The summed E-state index contributed by atoms with van der Waals surface area (Å²) in [6, 6.07) is 15.4. The Morgan fingerprint density at radius 2 is 1.60 bits per heavy atom. The van der Waals surface area contributed by atoms with Crippen molar-refractivity contribution >= 4 is 18.0 Å². The summed E-state index contributed by atoms with van der Waals surface area (Å²) in [6.45, 7) is 2.44. The maximum absolute atomic E-state index is 13.7. The standard InChI is InChI=1S/C28H32N2O5/c1-18-9-8-16-30(24(18)25(31)32)26(33)28(14-6-7-15-28)29-27(34)35-17-23-21-12-4-2-10-19(21)20-11-3-5-13-22(20)23/h2-5,10-13,18,23-24H,6-9,14-17H2,1H3,(H,29,34)(H,31,32). The van der Waals surface area contributed by atoms with Crippen LogP contribution in [0.15, 0.2) is 48.5 Å². The number of likely N-dealkylation sites (tertiary alicyclic amines) is 1. The Hall–Kier alpha value is -3.35. The van der Waals surface area contributed by atoms with Crippen molar-refractivity contribution in [3.63, 3.8) is 0 Å². The van der Waals surface area contributed by atoms with Gasteiger partial charge in [0.1, 0.15) is 18.2 Å². The third-order valence-corrected chi connectivity index (χ3v) is 8.00. The van der Waals surface area contributed by atoms with Crippen LogP contribution in [0, 0.1) is 5.92 Å². The van der Waals surface area contributed by atoms with Crippen molar-refractivity contribution in [3.05, 3.63) is 59.7 Å². The van der Waals surface area contributed by atoms with Crippen molar-refractivity contribution in [1.82, 2.24) is 10.2 Å². The lowest BCUT2D eigenvalue weighted by atomic mass is 9.87. The van der Waals surface area contributed by atoms with Crippen molar-refractivity contribution in [2.24, 2.45) is 5.92 Å². The van der Waals surface area contributed by atoms with E-state index in [-0.39, 0.29) is 24.3 Å². The number of carboxylic acid groups (broad SMARTS) is 1. The second kappa shape index (κ2) is 9.36. The van der Waals surface area contributed by atoms with Crippen molar-refractivity contribution < 1.29 is 24.2 Å². The van der Waals surface area contributed by atoms with Gasteiger partial charge in [0.15, 0.2) is 0 Å². The summed E-state index contributed by atoms with van der Waals surface area (Å²) < 4.78 is 5.72. The Morgan fingerprint density at radius 1 is 1.00 bits per heavy atom. The van der Waals surface area contributed by atoms with E-state index in [4.69, 9.17) is 4.74 Å². The van der Waals surface area contributed by atoms with Crippen LogP contribution in [0.2, 0.25) is 0 Å². The molecule has 0 aromatic heterocycles. The summed E-state index contributed by atoms with van der Waals surface area (Å²) in [4.78, 5) is 40.2. The molecule has 1 saturated carbocycles. The number of aliphatic carboxylic acids is 1. The number of rotatable bonds is 5. The molecule has 0 bridgehead atoms. The van der Waals surface area contributed by atoms with Gasteiger partial charge in [-0.2, -0.15) is 0 Å². The van der Waals surface area contributed by atoms with Gasteiger partial charge in [0, 0.05) is 12.5 Å². The number of piperidine rings is 1. The first-order valence-corrected chi connectivity index (χ1v) is 12.6. The number of hydrogen-bond acceptors (Lipinski definition) is 4. The van der Waals surface area contributed by atoms with Crippen LogP contribution in [0.25, 0.3) is 11.1 Å². The molecule has 2 unspecified atom stereocenters. The molecule has 5 rings (SSSR count). The minimum Gasteiger partial charge on any atom is -0.480 e. The summed E-state index contributed by atoms with van der Waals surface area (Å²) in [7, 11) is 0. The van der Waals surface area contributed by atoms with E-state index in [2.05, 4.69) is 29.6 Å². The molecule has 35 heavy (non-hydrogen) atoms. The molecular formula is C28H32N2O5. The zero-order valence-corrected chi connectivity index (χ0v) is 20.0. The molecule has 2 fully saturated rings. The molecule has 0 radical (unpaired) electrons. The molecule has 2 N–H and O–H groups in total. The highest BCUT2D eigenvalue weighted by Crippen LogP contribution is 2.44. The number of hydrogen-bond donors (Lipinski definition) is 2. The number of ether oxygens (including phenoxy) is 1. The highest BCUT2D eigenvalue weighted by Gasteiger charge is 2.49. The summed E-state index contributed by atoms with van der Waals surface area (Å²) in [5, 5.41) is 12.7. The Morgan fingerprint density at radius 3 is 2.20 bits per heavy atom. The number of carbonyl (C=O) groups excluding carboxylic acids is 2. The third-order valence-electron chi connectivity index (χ3n) is 8.00. The molecule has 7 heteroatoms. The number of alkyl carbamates (subject to hydrolysis) is 1. The van der Waals surface area contributed by atoms with E-state index < -0.39 is 23.6 Å². The van der Waals surface area contributed by atoms with Crippen molar-refractivity contribution in [1.29, 1.82) is 0 Å². The van der Waals surface area contributed by atoms with Crippen LogP contribution in [0.5, 0.6) is 0 Å². The van der Waals surface area contributed by atoms with Gasteiger partial charge in [-0.1, -0.05) is 68.3 Å². The molecule has 0 spiro atoms. The molecule has 2 aromatic carbocycles. The van der Waals surface area contributed by atoms with E-state index in [9.17, 15) is 19.5 Å². The SMILES string of the molecule is CC1CCCN(C(=O)C2(NC(=O)OCC3c4ccccc4-c4ccccc43)CCCC2)C1C(=O)O. The first kappa shape index (κ1) is 23.4. The fraction of sp³-hybridized carbons (Fsp3) is 0.464. The maximum Gasteiger partial charge on any atom is 0.408 e. The Bertz CT molecular complexity index is 1090. The Labute approximate surface area is 205 Å². The molecule has 3 aliphatic rings. The second-order valence-corrected chi connectivity index (χ2v) is 10.1. The Kier molecular flexibility index (Phi) is 6.26. The molecule has 1 aliphatic heterocycles. The van der Waals surface area contributed by atoms with Crippen LogP contribution in [0.3, 0.4) is 0 Å². The van der Waals surface area contributed by atoms with Crippen molar-refractivity contribution in [2.75, 3.05) is 13.2 Å². The maximum atomic E-state index is 13.7. The Balaban J connectivity index is 1.31. The molecule has 184 valence electrons. The minimum atomic E-state index is -1.10. The van der Waals surface area contributed by atoms with Crippen molar-refractivity contribution in [2.45, 2.75) is 62.9 Å². The van der Waals surface area contributed by atoms with Crippen LogP contribution >= 0.6 is 0 Å². The average Bonchev–Trinajstić information content (AvgIpc) is 3.45. The largest absolute Gasteiger partial charge is 0.480 e. The number of carboxylic acids is 1. The van der Waals surface area contributed by atoms with E-state index in [1.54, 1.807) is 0 Å². The normalized spacial score (nSPS) is 22.8. The summed E-state index contributed by atoms with van der Waals surface area (Å²) >= 11 is 0. The fourth-order valence-corrected chi connectivity index (χ4v) is 6.27. The van der Waals surface area contributed by atoms with Gasteiger partial charge in [-0.3, -0.25) is 4.79 Å². The first-order chi connectivity index (χ1) is 16.9. The lowest BCUT2D eigenvalue weighted by Crippen LogP contribution is -2.63. The zero-order valence-electron chi connectivity index (χ0n) is 20.0. The van der Waals surface area contributed by atoms with E-state index in [0.29, 0.717) is 19.4 Å². The van der Waals surface area contributed by atoms with Crippen LogP contribution < -0.4 is 5.32 Å². The molecule has 7 nitrogen and oxygen atoms in total. The van der Waals surface area contributed by atoms with Crippen LogP contribution in [-0.2, 0) is 14.3 Å². The highest BCUT2D eigenvalue weighted by atomic mass is 16.5. The molecular weight excluding hydrogens is 444 g/mol. The molecule has 2 aromatic rings.